The van der Waals surface area contributed by atoms with Gasteiger partial charge in [-0.15, -0.1) is 0 Å². The third-order valence-electron chi connectivity index (χ3n) is 5.91. The maximum absolute atomic E-state index is 13.3. The summed E-state index contributed by atoms with van der Waals surface area (Å²) in [6.45, 7) is 2.11. The lowest BCUT2D eigenvalue weighted by Crippen LogP contribution is -2.48. The van der Waals surface area contributed by atoms with Crippen molar-refractivity contribution >= 4 is 11.9 Å². The van der Waals surface area contributed by atoms with Crippen LogP contribution in [0.1, 0.15) is 40.9 Å². The van der Waals surface area contributed by atoms with E-state index in [0.717, 1.165) is 43.5 Å². The Hall–Kier alpha value is -2.87. The molecule has 29 heavy (non-hydrogen) atoms. The average molecular weight is 397 g/mol. The van der Waals surface area contributed by atoms with Crippen molar-refractivity contribution in [3.8, 4) is 11.5 Å². The van der Waals surface area contributed by atoms with Crippen LogP contribution in [0.5, 0.6) is 11.5 Å². The number of hydrogen-bond donors (Lipinski definition) is 2. The maximum Gasteiger partial charge on any atom is 0.254 e. The molecule has 8 heteroatoms. The lowest BCUT2D eigenvalue weighted by atomic mass is 9.77. The van der Waals surface area contributed by atoms with E-state index in [0.29, 0.717) is 42.7 Å². The predicted octanol–water partition coefficient (Wildman–Crippen LogP) is 1.53. The van der Waals surface area contributed by atoms with E-state index in [1.165, 1.54) is 0 Å². The first-order valence-corrected chi connectivity index (χ1v) is 9.98. The van der Waals surface area contributed by atoms with Gasteiger partial charge >= 0.3 is 0 Å². The Morgan fingerprint density at radius 2 is 2.17 bits per heavy atom. The minimum atomic E-state index is -0.133. The normalized spacial score (nSPS) is 20.6. The zero-order valence-electron chi connectivity index (χ0n) is 16.7. The molecule has 1 unspecified atom stereocenters. The molecule has 1 aromatic carbocycles. The van der Waals surface area contributed by atoms with Crippen LogP contribution in [0.4, 0.5) is 5.95 Å². The summed E-state index contributed by atoms with van der Waals surface area (Å²) in [4.78, 5) is 23.9. The highest BCUT2D eigenvalue weighted by Crippen LogP contribution is 2.44. The maximum atomic E-state index is 13.3. The molecule has 1 amide bonds. The second-order valence-electron chi connectivity index (χ2n) is 7.72. The van der Waals surface area contributed by atoms with E-state index < -0.39 is 0 Å². The minimum Gasteiger partial charge on any atom is -0.493 e. The number of benzene rings is 1. The number of nitrogens with zero attached hydrogens (tertiary/aromatic N) is 3. The molecule has 2 aromatic rings. The van der Waals surface area contributed by atoms with Crippen molar-refractivity contribution in [2.45, 2.75) is 31.1 Å². The number of nitrogen functional groups attached to an aromatic ring is 1. The number of aryl methyl sites for hydroxylation is 1. The molecule has 1 saturated heterocycles. The van der Waals surface area contributed by atoms with Gasteiger partial charge in [0.05, 0.1) is 12.8 Å². The Morgan fingerprint density at radius 3 is 2.97 bits per heavy atom. The van der Waals surface area contributed by atoms with Gasteiger partial charge in [0, 0.05) is 36.8 Å². The lowest BCUT2D eigenvalue weighted by molar-refractivity contribution is 0.0633. The highest BCUT2D eigenvalue weighted by atomic mass is 16.5. The van der Waals surface area contributed by atoms with Crippen molar-refractivity contribution in [2.24, 2.45) is 5.73 Å². The van der Waals surface area contributed by atoms with Crippen LogP contribution in [0.2, 0.25) is 0 Å². The molecule has 4 rings (SSSR count). The summed E-state index contributed by atoms with van der Waals surface area (Å²) < 4.78 is 11.0. The predicted molar refractivity (Wildman–Crippen MR) is 109 cm³/mol. The number of anilines is 1. The Kier molecular flexibility index (Phi) is 5.27. The largest absolute Gasteiger partial charge is 0.493 e. The number of carbonyl (C=O) groups excluding carboxylic acids is 1. The molecule has 0 bridgehead atoms. The molecule has 2 heterocycles. The minimum absolute atomic E-state index is 0.0141. The van der Waals surface area contributed by atoms with Gasteiger partial charge < -0.3 is 25.8 Å². The van der Waals surface area contributed by atoms with Gasteiger partial charge in [0.25, 0.3) is 5.91 Å². The Bertz CT molecular complexity index is 915. The molecule has 1 aromatic heterocycles. The zero-order valence-corrected chi connectivity index (χ0v) is 16.7. The number of carbonyl (C=O) groups is 1. The van der Waals surface area contributed by atoms with E-state index in [1.54, 1.807) is 25.3 Å². The highest BCUT2D eigenvalue weighted by molar-refractivity contribution is 5.95. The van der Waals surface area contributed by atoms with Crippen molar-refractivity contribution in [3.05, 3.63) is 41.2 Å². The van der Waals surface area contributed by atoms with Crippen LogP contribution in [-0.2, 0) is 11.8 Å². The van der Waals surface area contributed by atoms with Gasteiger partial charge in [0.2, 0.25) is 5.95 Å². The molecule has 1 aliphatic carbocycles. The van der Waals surface area contributed by atoms with Crippen LogP contribution in [0.25, 0.3) is 0 Å². The molecule has 2 aliphatic rings. The molecule has 4 N–H and O–H groups in total. The van der Waals surface area contributed by atoms with E-state index in [2.05, 4.69) is 9.97 Å². The number of rotatable bonds is 5. The SMILES string of the molecule is COc1ccc(C(=O)N2CCCC3(CCc4cnc(N)nc43)C2)cc1OCCN. The topological polar surface area (TPSA) is 117 Å². The molecule has 154 valence electrons. The van der Waals surface area contributed by atoms with Gasteiger partial charge in [-0.05, 0) is 49.4 Å². The van der Waals surface area contributed by atoms with Crippen LogP contribution < -0.4 is 20.9 Å². The zero-order chi connectivity index (χ0) is 20.4. The first-order chi connectivity index (χ1) is 14.1. The average Bonchev–Trinajstić information content (AvgIpc) is 3.08. The van der Waals surface area contributed by atoms with E-state index in [4.69, 9.17) is 20.9 Å². The number of piperidine rings is 1. The standard InChI is InChI=1S/C21H27N5O3/c1-28-16-4-3-14(11-17(16)29-10-8-22)19(27)26-9-2-6-21(13-26)7-5-15-12-24-20(23)25-18(15)21/h3-4,11-12H,2,5-10,13,22H2,1H3,(H2,23,24,25). The number of methoxy groups -OCH3 is 1. The number of nitrogens with two attached hydrogens (primary N) is 2. The summed E-state index contributed by atoms with van der Waals surface area (Å²) in [5.74, 6) is 1.40. The number of fused-ring (bicyclic) bond motifs is 2. The van der Waals surface area contributed by atoms with Crippen molar-refractivity contribution in [3.63, 3.8) is 0 Å². The summed E-state index contributed by atoms with van der Waals surface area (Å²) in [5.41, 5.74) is 14.0. The van der Waals surface area contributed by atoms with Gasteiger partial charge in [-0.3, -0.25) is 4.79 Å². The summed E-state index contributed by atoms with van der Waals surface area (Å²) in [6, 6.07) is 5.28. The van der Waals surface area contributed by atoms with Crippen LogP contribution >= 0.6 is 0 Å². The molecule has 0 radical (unpaired) electrons. The molecule has 0 saturated carbocycles. The lowest BCUT2D eigenvalue weighted by Gasteiger charge is -2.40. The van der Waals surface area contributed by atoms with Gasteiger partial charge in [0.15, 0.2) is 11.5 Å². The molecular formula is C21H27N5O3. The molecule has 1 spiro atoms. The van der Waals surface area contributed by atoms with Gasteiger partial charge in [-0.2, -0.15) is 0 Å². The summed E-state index contributed by atoms with van der Waals surface area (Å²) in [7, 11) is 1.58. The molecule has 1 atom stereocenters. The highest BCUT2D eigenvalue weighted by Gasteiger charge is 2.44. The third-order valence-corrected chi connectivity index (χ3v) is 5.91. The van der Waals surface area contributed by atoms with Crippen molar-refractivity contribution in [2.75, 3.05) is 39.1 Å². The summed E-state index contributed by atoms with van der Waals surface area (Å²) in [6.07, 6.45) is 5.67. The molecule has 8 nitrogen and oxygen atoms in total. The van der Waals surface area contributed by atoms with Crippen LogP contribution in [0.3, 0.4) is 0 Å². The Balaban J connectivity index is 1.58. The quantitative estimate of drug-likeness (QED) is 0.786. The fourth-order valence-electron chi connectivity index (χ4n) is 4.53. The number of hydrogen-bond acceptors (Lipinski definition) is 7. The van der Waals surface area contributed by atoms with Crippen molar-refractivity contribution in [1.82, 2.24) is 14.9 Å². The van der Waals surface area contributed by atoms with Crippen LogP contribution in [0.15, 0.2) is 24.4 Å². The van der Waals surface area contributed by atoms with Crippen molar-refractivity contribution < 1.29 is 14.3 Å². The van der Waals surface area contributed by atoms with Gasteiger partial charge in [-0.25, -0.2) is 9.97 Å². The van der Waals surface area contributed by atoms with E-state index in [9.17, 15) is 4.79 Å². The van der Waals surface area contributed by atoms with Crippen LogP contribution in [0, 0.1) is 0 Å². The Morgan fingerprint density at radius 1 is 1.31 bits per heavy atom. The number of ether oxygens (including phenoxy) is 2. The summed E-state index contributed by atoms with van der Waals surface area (Å²) >= 11 is 0. The van der Waals surface area contributed by atoms with Gasteiger partial charge in [-0.1, -0.05) is 0 Å². The summed E-state index contributed by atoms with van der Waals surface area (Å²) in [5, 5.41) is 0. The fraction of sp³-hybridized carbons (Fsp3) is 0.476. The van der Waals surface area contributed by atoms with Gasteiger partial charge in [0.1, 0.15) is 6.61 Å². The number of likely N-dealkylation sites (tertiary alicyclic amines) is 1. The third kappa shape index (κ3) is 3.60. The van der Waals surface area contributed by atoms with E-state index in [1.807, 2.05) is 11.1 Å². The van der Waals surface area contributed by atoms with E-state index >= 15 is 0 Å². The molecule has 1 aliphatic heterocycles. The molecule has 1 fully saturated rings. The van der Waals surface area contributed by atoms with Crippen LogP contribution in [-0.4, -0.2) is 54.1 Å². The number of aromatic nitrogens is 2. The second-order valence-corrected chi connectivity index (χ2v) is 7.72. The smallest absolute Gasteiger partial charge is 0.254 e. The monoisotopic (exact) mass is 397 g/mol. The second kappa shape index (κ2) is 7.87. The number of amides is 1. The molecular weight excluding hydrogens is 370 g/mol. The van der Waals surface area contributed by atoms with Crippen molar-refractivity contribution in [1.29, 1.82) is 0 Å². The first-order valence-electron chi connectivity index (χ1n) is 9.98. The Labute approximate surface area is 170 Å². The van der Waals surface area contributed by atoms with E-state index in [-0.39, 0.29) is 11.3 Å². The fourth-order valence-corrected chi connectivity index (χ4v) is 4.53. The first kappa shape index (κ1) is 19.4.